The molecule has 0 spiro atoms. The van der Waals surface area contributed by atoms with Gasteiger partial charge in [0, 0.05) is 18.0 Å². The lowest BCUT2D eigenvalue weighted by Gasteiger charge is -2.38. The Hall–Kier alpha value is -2.20. The van der Waals surface area contributed by atoms with E-state index in [9.17, 15) is 4.79 Å². The van der Waals surface area contributed by atoms with Gasteiger partial charge in [-0.25, -0.2) is 0 Å². The van der Waals surface area contributed by atoms with Crippen molar-refractivity contribution in [3.8, 4) is 11.5 Å². The van der Waals surface area contributed by atoms with Crippen molar-refractivity contribution in [3.63, 3.8) is 0 Å². The van der Waals surface area contributed by atoms with Crippen LogP contribution in [0, 0.1) is 0 Å². The van der Waals surface area contributed by atoms with Crippen molar-refractivity contribution in [2.45, 2.75) is 38.6 Å². The number of unbranched alkanes of at least 4 members (excludes halogenated alkanes) is 1. The molecular weight excluding hydrogens is 362 g/mol. The van der Waals surface area contributed by atoms with Gasteiger partial charge in [0.25, 0.3) is 0 Å². The summed E-state index contributed by atoms with van der Waals surface area (Å²) >= 11 is 6.54. The van der Waals surface area contributed by atoms with Gasteiger partial charge in [-0.15, -0.1) is 0 Å². The monoisotopic (exact) mass is 387 g/mol. The molecule has 144 valence electrons. The van der Waals surface area contributed by atoms with E-state index in [-0.39, 0.29) is 11.9 Å². The third-order valence-electron chi connectivity index (χ3n) is 5.14. The number of amides is 1. The number of carbonyl (C=O) groups excluding carboxylic acids is 1. The number of nitrogens with zero attached hydrogens (tertiary/aromatic N) is 1. The van der Waals surface area contributed by atoms with E-state index in [1.165, 1.54) is 0 Å². The molecule has 1 heterocycles. The second kappa shape index (κ2) is 8.66. The van der Waals surface area contributed by atoms with Gasteiger partial charge in [-0.2, -0.15) is 0 Å². The van der Waals surface area contributed by atoms with Crippen molar-refractivity contribution in [1.29, 1.82) is 0 Å². The van der Waals surface area contributed by atoms with Crippen LogP contribution < -0.4 is 9.47 Å². The van der Waals surface area contributed by atoms with Crippen LogP contribution in [-0.2, 0) is 11.2 Å². The van der Waals surface area contributed by atoms with Gasteiger partial charge in [0.1, 0.15) is 0 Å². The van der Waals surface area contributed by atoms with Crippen LogP contribution in [0.25, 0.3) is 0 Å². The van der Waals surface area contributed by atoms with Crippen LogP contribution in [0.3, 0.4) is 0 Å². The molecule has 5 heteroatoms. The number of benzene rings is 2. The van der Waals surface area contributed by atoms with Crippen molar-refractivity contribution < 1.29 is 14.3 Å². The zero-order valence-electron chi connectivity index (χ0n) is 16.1. The molecule has 0 fully saturated rings. The highest BCUT2D eigenvalue weighted by molar-refractivity contribution is 6.31. The average molecular weight is 388 g/mol. The summed E-state index contributed by atoms with van der Waals surface area (Å²) in [5.74, 6) is 1.54. The molecule has 0 N–H and O–H groups in total. The molecule has 27 heavy (non-hydrogen) atoms. The fourth-order valence-corrected chi connectivity index (χ4v) is 3.96. The van der Waals surface area contributed by atoms with Crippen molar-refractivity contribution in [2.75, 3.05) is 20.8 Å². The third-order valence-corrected chi connectivity index (χ3v) is 5.48. The quantitative estimate of drug-likeness (QED) is 0.698. The van der Waals surface area contributed by atoms with Gasteiger partial charge < -0.3 is 14.4 Å². The van der Waals surface area contributed by atoms with E-state index >= 15 is 0 Å². The summed E-state index contributed by atoms with van der Waals surface area (Å²) in [6.45, 7) is 2.77. The summed E-state index contributed by atoms with van der Waals surface area (Å²) < 4.78 is 11.0. The number of methoxy groups -OCH3 is 2. The minimum atomic E-state index is -0.216. The lowest BCUT2D eigenvalue weighted by Crippen LogP contribution is -2.40. The Balaban J connectivity index is 2.12. The zero-order valence-corrected chi connectivity index (χ0v) is 16.9. The Labute approximate surface area is 166 Å². The minimum absolute atomic E-state index is 0.169. The van der Waals surface area contributed by atoms with Gasteiger partial charge in [-0.1, -0.05) is 43.1 Å². The highest BCUT2D eigenvalue weighted by Crippen LogP contribution is 2.42. The zero-order chi connectivity index (χ0) is 19.4. The van der Waals surface area contributed by atoms with Crippen molar-refractivity contribution in [2.24, 2.45) is 0 Å². The molecule has 0 aliphatic carbocycles. The lowest BCUT2D eigenvalue weighted by molar-refractivity contribution is -0.133. The van der Waals surface area contributed by atoms with Crippen molar-refractivity contribution in [3.05, 3.63) is 58.1 Å². The first-order valence-corrected chi connectivity index (χ1v) is 9.77. The SMILES string of the molecule is CCCCC(=O)N1CCc2cc(OC)c(OC)cc2C1c1ccccc1Cl. The third kappa shape index (κ3) is 3.91. The molecule has 1 atom stereocenters. The van der Waals surface area contributed by atoms with Gasteiger partial charge in [-0.05, 0) is 47.7 Å². The van der Waals surface area contributed by atoms with E-state index in [4.69, 9.17) is 21.1 Å². The number of carbonyl (C=O) groups is 1. The number of ether oxygens (including phenoxy) is 2. The van der Waals surface area contributed by atoms with Crippen LogP contribution in [0.1, 0.15) is 48.9 Å². The first-order chi connectivity index (χ1) is 13.1. The van der Waals surface area contributed by atoms with Gasteiger partial charge in [0.05, 0.1) is 20.3 Å². The van der Waals surface area contributed by atoms with Crippen LogP contribution >= 0.6 is 11.6 Å². The van der Waals surface area contributed by atoms with Gasteiger partial charge >= 0.3 is 0 Å². The van der Waals surface area contributed by atoms with E-state index in [0.717, 1.165) is 36.0 Å². The average Bonchev–Trinajstić information content (AvgIpc) is 2.70. The molecule has 0 saturated carbocycles. The minimum Gasteiger partial charge on any atom is -0.493 e. The summed E-state index contributed by atoms with van der Waals surface area (Å²) in [6, 6.07) is 11.5. The van der Waals surface area contributed by atoms with Crippen LogP contribution in [0.5, 0.6) is 11.5 Å². The van der Waals surface area contributed by atoms with E-state index in [2.05, 4.69) is 6.92 Å². The van der Waals surface area contributed by atoms with Crippen LogP contribution in [-0.4, -0.2) is 31.6 Å². The molecule has 2 aromatic rings. The Kier molecular flexibility index (Phi) is 6.27. The molecule has 0 aromatic heterocycles. The van der Waals surface area contributed by atoms with Crippen LogP contribution in [0.4, 0.5) is 0 Å². The molecule has 0 bridgehead atoms. The molecular formula is C22H26ClNO3. The Morgan fingerprint density at radius 3 is 2.52 bits per heavy atom. The molecule has 1 unspecified atom stereocenters. The maximum absolute atomic E-state index is 13.0. The molecule has 2 aromatic carbocycles. The van der Waals surface area contributed by atoms with Gasteiger partial charge in [-0.3, -0.25) is 4.79 Å². The standard InChI is InChI=1S/C22H26ClNO3/c1-4-5-10-21(25)24-12-11-15-13-19(26-2)20(27-3)14-17(15)22(24)16-8-6-7-9-18(16)23/h6-9,13-14,22H,4-5,10-12H2,1-3H3. The number of hydrogen-bond acceptors (Lipinski definition) is 3. The topological polar surface area (TPSA) is 38.8 Å². The van der Waals surface area contributed by atoms with E-state index in [1.54, 1.807) is 14.2 Å². The van der Waals surface area contributed by atoms with Crippen molar-refractivity contribution >= 4 is 17.5 Å². The first-order valence-electron chi connectivity index (χ1n) is 9.39. The van der Waals surface area contributed by atoms with E-state index in [0.29, 0.717) is 29.5 Å². The fraction of sp³-hybridized carbons (Fsp3) is 0.409. The Morgan fingerprint density at radius 2 is 1.85 bits per heavy atom. The molecule has 1 aliphatic heterocycles. The van der Waals surface area contributed by atoms with Gasteiger partial charge in [0.2, 0.25) is 5.91 Å². The van der Waals surface area contributed by atoms with E-state index in [1.807, 2.05) is 41.3 Å². The molecule has 0 saturated heterocycles. The molecule has 1 aliphatic rings. The highest BCUT2D eigenvalue weighted by atomic mass is 35.5. The van der Waals surface area contributed by atoms with Crippen molar-refractivity contribution in [1.82, 2.24) is 4.90 Å². The number of halogens is 1. The summed E-state index contributed by atoms with van der Waals surface area (Å²) in [5, 5.41) is 0.665. The normalized spacial score (nSPS) is 16.0. The second-order valence-corrected chi connectivity index (χ2v) is 7.18. The highest BCUT2D eigenvalue weighted by Gasteiger charge is 2.34. The molecule has 0 radical (unpaired) electrons. The predicted molar refractivity (Wildman–Crippen MR) is 108 cm³/mol. The number of fused-ring (bicyclic) bond motifs is 1. The molecule has 3 rings (SSSR count). The van der Waals surface area contributed by atoms with Gasteiger partial charge in [0.15, 0.2) is 11.5 Å². The Bertz CT molecular complexity index is 821. The number of hydrogen-bond donors (Lipinski definition) is 0. The lowest BCUT2D eigenvalue weighted by atomic mass is 9.87. The summed E-state index contributed by atoms with van der Waals surface area (Å²) in [5.41, 5.74) is 3.16. The van der Waals surface area contributed by atoms with Crippen LogP contribution in [0.2, 0.25) is 5.02 Å². The maximum Gasteiger partial charge on any atom is 0.223 e. The first kappa shape index (κ1) is 19.6. The predicted octanol–water partition coefficient (Wildman–Crippen LogP) is 5.02. The van der Waals surface area contributed by atoms with Crippen LogP contribution in [0.15, 0.2) is 36.4 Å². The van der Waals surface area contributed by atoms with E-state index < -0.39 is 0 Å². The largest absolute Gasteiger partial charge is 0.493 e. The second-order valence-electron chi connectivity index (χ2n) is 6.77. The maximum atomic E-state index is 13.0. The summed E-state index contributed by atoms with van der Waals surface area (Å²) in [6.07, 6.45) is 3.23. The summed E-state index contributed by atoms with van der Waals surface area (Å²) in [7, 11) is 3.26. The summed E-state index contributed by atoms with van der Waals surface area (Å²) in [4.78, 5) is 14.9. The fourth-order valence-electron chi connectivity index (χ4n) is 3.72. The smallest absolute Gasteiger partial charge is 0.223 e. The Morgan fingerprint density at radius 1 is 1.15 bits per heavy atom. The molecule has 1 amide bonds. The number of rotatable bonds is 6. The molecule has 4 nitrogen and oxygen atoms in total.